The van der Waals surface area contributed by atoms with Crippen molar-refractivity contribution < 1.29 is 14.3 Å². The zero-order valence-corrected chi connectivity index (χ0v) is 9.25. The summed E-state index contributed by atoms with van der Waals surface area (Å²) in [4.78, 5) is 11.6. The van der Waals surface area contributed by atoms with Crippen LogP contribution in [0, 0.1) is 5.82 Å². The minimum absolute atomic E-state index is 0.0732. The van der Waals surface area contributed by atoms with Crippen molar-refractivity contribution in [3.63, 3.8) is 0 Å². The Balaban J connectivity index is 2.70. The smallest absolute Gasteiger partial charge is 0.251 e. The molecule has 4 N–H and O–H groups in total. The van der Waals surface area contributed by atoms with Gasteiger partial charge in [0.1, 0.15) is 5.82 Å². The van der Waals surface area contributed by atoms with Crippen LogP contribution in [0.25, 0.3) is 0 Å². The number of carbonyl (C=O) groups is 1. The summed E-state index contributed by atoms with van der Waals surface area (Å²) >= 11 is 0. The maximum Gasteiger partial charge on any atom is 0.251 e. The number of anilines is 1. The molecule has 16 heavy (non-hydrogen) atoms. The molecular formula is C11H15FN2O2. The van der Waals surface area contributed by atoms with Crippen LogP contribution in [-0.2, 0) is 0 Å². The Kier molecular flexibility index (Phi) is 3.49. The largest absolute Gasteiger partial charge is 0.396 e. The molecule has 0 aromatic heterocycles. The molecule has 0 saturated heterocycles. The fourth-order valence-corrected chi connectivity index (χ4v) is 1.08. The van der Waals surface area contributed by atoms with Gasteiger partial charge in [0.2, 0.25) is 0 Å². The highest BCUT2D eigenvalue weighted by atomic mass is 19.1. The lowest BCUT2D eigenvalue weighted by Gasteiger charge is -2.17. The summed E-state index contributed by atoms with van der Waals surface area (Å²) in [6, 6.07) is 3.73. The van der Waals surface area contributed by atoms with Gasteiger partial charge < -0.3 is 16.2 Å². The van der Waals surface area contributed by atoms with Crippen molar-refractivity contribution in [2.24, 2.45) is 0 Å². The summed E-state index contributed by atoms with van der Waals surface area (Å²) in [6.45, 7) is 3.27. The second-order valence-corrected chi connectivity index (χ2v) is 4.23. The quantitative estimate of drug-likeness (QED) is 0.670. The molecule has 1 amide bonds. The molecule has 0 fully saturated rings. The van der Waals surface area contributed by atoms with E-state index in [1.807, 2.05) is 0 Å². The van der Waals surface area contributed by atoms with E-state index in [1.54, 1.807) is 13.8 Å². The molecule has 4 nitrogen and oxygen atoms in total. The molecule has 1 aromatic carbocycles. The lowest BCUT2D eigenvalue weighted by molar-refractivity contribution is 0.0694. The number of benzene rings is 1. The fraction of sp³-hybridized carbons (Fsp3) is 0.364. The van der Waals surface area contributed by atoms with Gasteiger partial charge >= 0.3 is 0 Å². The molecule has 0 aliphatic heterocycles. The van der Waals surface area contributed by atoms with E-state index in [9.17, 15) is 14.3 Å². The summed E-state index contributed by atoms with van der Waals surface area (Å²) in [7, 11) is 0. The maximum absolute atomic E-state index is 12.8. The average molecular weight is 226 g/mol. The van der Waals surface area contributed by atoms with Gasteiger partial charge in [-0.3, -0.25) is 4.79 Å². The summed E-state index contributed by atoms with van der Waals surface area (Å²) < 4.78 is 12.8. The summed E-state index contributed by atoms with van der Waals surface area (Å²) in [5.74, 6) is -0.951. The highest BCUT2D eigenvalue weighted by molar-refractivity contribution is 5.95. The van der Waals surface area contributed by atoms with Crippen molar-refractivity contribution >= 4 is 11.6 Å². The van der Waals surface area contributed by atoms with E-state index in [4.69, 9.17) is 5.73 Å². The van der Waals surface area contributed by atoms with E-state index < -0.39 is 17.3 Å². The molecule has 0 heterocycles. The summed E-state index contributed by atoms with van der Waals surface area (Å²) in [5, 5.41) is 11.9. The lowest BCUT2D eigenvalue weighted by Crippen LogP contribution is -2.38. The van der Waals surface area contributed by atoms with E-state index >= 15 is 0 Å². The zero-order valence-electron chi connectivity index (χ0n) is 9.25. The molecule has 0 aliphatic rings. The lowest BCUT2D eigenvalue weighted by atomic mass is 10.1. The number of halogens is 1. The van der Waals surface area contributed by atoms with Gasteiger partial charge in [-0.25, -0.2) is 4.39 Å². The number of carbonyl (C=O) groups excluding carboxylic acids is 1. The SMILES string of the molecule is CC(C)(O)CNC(=O)c1ccc(F)c(N)c1. The van der Waals surface area contributed by atoms with Crippen LogP contribution in [0.5, 0.6) is 0 Å². The second-order valence-electron chi connectivity index (χ2n) is 4.23. The van der Waals surface area contributed by atoms with Crippen molar-refractivity contribution in [3.8, 4) is 0 Å². The first-order valence-electron chi connectivity index (χ1n) is 4.85. The Morgan fingerprint density at radius 3 is 2.69 bits per heavy atom. The highest BCUT2D eigenvalue weighted by Crippen LogP contribution is 2.12. The normalized spacial score (nSPS) is 11.2. The molecule has 0 saturated carbocycles. The van der Waals surface area contributed by atoms with Crippen molar-refractivity contribution in [2.75, 3.05) is 12.3 Å². The monoisotopic (exact) mass is 226 g/mol. The number of nitrogen functional groups attached to an aromatic ring is 1. The molecular weight excluding hydrogens is 211 g/mol. The number of nitrogens with two attached hydrogens (primary N) is 1. The van der Waals surface area contributed by atoms with Gasteiger partial charge in [0.25, 0.3) is 5.91 Å². The number of aliphatic hydroxyl groups is 1. The van der Waals surface area contributed by atoms with E-state index in [0.29, 0.717) is 0 Å². The highest BCUT2D eigenvalue weighted by Gasteiger charge is 2.15. The molecule has 1 aromatic rings. The number of amides is 1. The summed E-state index contributed by atoms with van der Waals surface area (Å²) in [6.07, 6.45) is 0. The van der Waals surface area contributed by atoms with Crippen LogP contribution in [0.15, 0.2) is 18.2 Å². The second kappa shape index (κ2) is 4.49. The Morgan fingerprint density at radius 1 is 1.56 bits per heavy atom. The first-order valence-corrected chi connectivity index (χ1v) is 4.85. The Hall–Kier alpha value is -1.62. The Labute approximate surface area is 93.3 Å². The van der Waals surface area contributed by atoms with E-state index in [1.165, 1.54) is 12.1 Å². The van der Waals surface area contributed by atoms with Gasteiger partial charge in [-0.1, -0.05) is 0 Å². The van der Waals surface area contributed by atoms with Gasteiger partial charge in [-0.05, 0) is 32.0 Å². The molecule has 0 radical (unpaired) electrons. The van der Waals surface area contributed by atoms with Crippen molar-refractivity contribution in [2.45, 2.75) is 19.4 Å². The first kappa shape index (κ1) is 12.4. The van der Waals surface area contributed by atoms with Crippen LogP contribution >= 0.6 is 0 Å². The third-order valence-electron chi connectivity index (χ3n) is 1.94. The maximum atomic E-state index is 12.8. The van der Waals surface area contributed by atoms with Crippen LogP contribution in [0.1, 0.15) is 24.2 Å². The van der Waals surface area contributed by atoms with Crippen molar-refractivity contribution in [1.29, 1.82) is 0 Å². The molecule has 0 unspecified atom stereocenters. The molecule has 0 spiro atoms. The van der Waals surface area contributed by atoms with E-state index in [-0.39, 0.29) is 17.8 Å². The number of hydrogen-bond acceptors (Lipinski definition) is 3. The van der Waals surface area contributed by atoms with Crippen molar-refractivity contribution in [3.05, 3.63) is 29.6 Å². The van der Waals surface area contributed by atoms with Crippen LogP contribution < -0.4 is 11.1 Å². The summed E-state index contributed by atoms with van der Waals surface area (Å²) in [5.41, 5.74) is 4.54. The predicted molar refractivity (Wildman–Crippen MR) is 59.4 cm³/mol. The predicted octanol–water partition coefficient (Wildman–Crippen LogP) is 0.909. The Morgan fingerprint density at radius 2 is 2.19 bits per heavy atom. The van der Waals surface area contributed by atoms with Crippen LogP contribution in [0.3, 0.4) is 0 Å². The number of nitrogens with one attached hydrogen (secondary N) is 1. The van der Waals surface area contributed by atoms with Gasteiger partial charge in [0.15, 0.2) is 0 Å². The first-order chi connectivity index (χ1) is 7.29. The van der Waals surface area contributed by atoms with Gasteiger partial charge in [0, 0.05) is 12.1 Å². The zero-order chi connectivity index (χ0) is 12.3. The van der Waals surface area contributed by atoms with Gasteiger partial charge in [-0.2, -0.15) is 0 Å². The molecule has 0 bridgehead atoms. The van der Waals surface area contributed by atoms with Crippen LogP contribution in [0.2, 0.25) is 0 Å². The molecule has 5 heteroatoms. The molecule has 0 atom stereocenters. The van der Waals surface area contributed by atoms with Crippen molar-refractivity contribution in [1.82, 2.24) is 5.32 Å². The third kappa shape index (κ3) is 3.51. The van der Waals surface area contributed by atoms with Crippen LogP contribution in [0.4, 0.5) is 10.1 Å². The number of rotatable bonds is 3. The third-order valence-corrected chi connectivity index (χ3v) is 1.94. The molecule has 88 valence electrons. The van der Waals surface area contributed by atoms with E-state index in [2.05, 4.69) is 5.32 Å². The van der Waals surface area contributed by atoms with Gasteiger partial charge in [-0.15, -0.1) is 0 Å². The average Bonchev–Trinajstić information content (AvgIpc) is 2.17. The topological polar surface area (TPSA) is 75.3 Å². The minimum Gasteiger partial charge on any atom is -0.396 e. The van der Waals surface area contributed by atoms with Crippen LogP contribution in [-0.4, -0.2) is 23.2 Å². The fourth-order valence-electron chi connectivity index (χ4n) is 1.08. The standard InChI is InChI=1S/C11H15FN2O2/c1-11(2,16)6-14-10(15)7-3-4-8(12)9(13)5-7/h3-5,16H,6,13H2,1-2H3,(H,14,15). The Bertz CT molecular complexity index is 399. The minimum atomic E-state index is -0.985. The number of hydrogen-bond donors (Lipinski definition) is 3. The van der Waals surface area contributed by atoms with E-state index in [0.717, 1.165) is 6.07 Å². The molecule has 1 rings (SSSR count). The molecule has 0 aliphatic carbocycles. The van der Waals surface area contributed by atoms with Gasteiger partial charge in [0.05, 0.1) is 11.3 Å².